The van der Waals surface area contributed by atoms with Gasteiger partial charge in [0.1, 0.15) is 0 Å². The van der Waals surface area contributed by atoms with Gasteiger partial charge in [-0.1, -0.05) is 66.2 Å². The Morgan fingerprint density at radius 2 is 1.35 bits per heavy atom. The Kier molecular flexibility index (Phi) is 4.36. The Balaban J connectivity index is 2.38. The molecular weight excluding hydrogens is 248 g/mol. The van der Waals surface area contributed by atoms with Crippen LogP contribution in [0.3, 0.4) is 0 Å². The van der Waals surface area contributed by atoms with Crippen molar-refractivity contribution in [3.8, 4) is 0 Å². The van der Waals surface area contributed by atoms with E-state index in [2.05, 4.69) is 6.58 Å². The lowest BCUT2D eigenvalue weighted by atomic mass is 9.99. The minimum Gasteiger partial charge on any atom is -0.449 e. The van der Waals surface area contributed by atoms with Crippen molar-refractivity contribution in [2.24, 2.45) is 0 Å². The van der Waals surface area contributed by atoms with Crippen LogP contribution < -0.4 is 0 Å². The van der Waals surface area contributed by atoms with Gasteiger partial charge in [-0.15, -0.1) is 0 Å². The highest BCUT2D eigenvalue weighted by molar-refractivity contribution is 5.81. The van der Waals surface area contributed by atoms with Crippen LogP contribution in [0.25, 0.3) is 0 Å². The number of benzene rings is 2. The Hall–Kier alpha value is -2.35. The summed E-state index contributed by atoms with van der Waals surface area (Å²) in [4.78, 5) is 11.6. The maximum atomic E-state index is 11.6. The minimum absolute atomic E-state index is 0.401. The van der Waals surface area contributed by atoms with Gasteiger partial charge in [-0.05, 0) is 25.0 Å². The molecule has 0 spiro atoms. The third-order valence-corrected chi connectivity index (χ3v) is 3.16. The van der Waals surface area contributed by atoms with Crippen molar-refractivity contribution in [1.29, 1.82) is 0 Å². The van der Waals surface area contributed by atoms with E-state index in [-0.39, 0.29) is 0 Å². The topological polar surface area (TPSA) is 26.3 Å². The average molecular weight is 266 g/mol. The third-order valence-electron chi connectivity index (χ3n) is 3.16. The lowest BCUT2D eigenvalue weighted by Crippen LogP contribution is -2.10. The van der Waals surface area contributed by atoms with Crippen LogP contribution in [0.5, 0.6) is 0 Å². The van der Waals surface area contributed by atoms with Gasteiger partial charge in [0.05, 0.1) is 0 Å². The summed E-state index contributed by atoms with van der Waals surface area (Å²) in [5.74, 6) is -0.420. The molecule has 0 saturated carbocycles. The Labute approximate surface area is 119 Å². The molecule has 0 aliphatic carbocycles. The molecule has 20 heavy (non-hydrogen) atoms. The predicted molar refractivity (Wildman–Crippen MR) is 80.5 cm³/mol. The van der Waals surface area contributed by atoms with Crippen LogP contribution in [-0.4, -0.2) is 5.97 Å². The Morgan fingerprint density at radius 1 is 0.950 bits per heavy atom. The first kappa shape index (κ1) is 14.1. The number of hydrogen-bond acceptors (Lipinski definition) is 2. The minimum atomic E-state index is -0.420. The van der Waals surface area contributed by atoms with Crippen molar-refractivity contribution in [3.63, 3.8) is 0 Å². The van der Waals surface area contributed by atoms with E-state index in [4.69, 9.17) is 4.74 Å². The molecule has 0 heterocycles. The zero-order valence-corrected chi connectivity index (χ0v) is 11.8. The smallest absolute Gasteiger partial charge is 0.331 e. The lowest BCUT2D eigenvalue weighted by molar-refractivity contribution is -0.141. The third kappa shape index (κ3) is 3.35. The molecule has 0 bridgehead atoms. The maximum Gasteiger partial charge on any atom is 0.331 e. The molecule has 0 aliphatic heterocycles. The molecule has 0 fully saturated rings. The van der Waals surface area contributed by atoms with Crippen molar-refractivity contribution >= 4 is 5.97 Å². The molecule has 0 amide bonds. The standard InChI is InChI=1S/C18H18O2/c1-4-17(19)20-18(15-9-5-13(2)6-10-15)16-11-7-14(3)8-12-16/h4-12,18H,1H2,2-3H3. The second-order valence-electron chi connectivity index (χ2n) is 4.84. The molecule has 2 aromatic rings. The van der Waals surface area contributed by atoms with Crippen molar-refractivity contribution in [2.45, 2.75) is 20.0 Å². The van der Waals surface area contributed by atoms with Gasteiger partial charge in [-0.2, -0.15) is 0 Å². The van der Waals surface area contributed by atoms with Crippen LogP contribution in [0, 0.1) is 13.8 Å². The molecular formula is C18H18O2. The highest BCUT2D eigenvalue weighted by Gasteiger charge is 2.17. The summed E-state index contributed by atoms with van der Waals surface area (Å²) in [5, 5.41) is 0. The second kappa shape index (κ2) is 6.20. The van der Waals surface area contributed by atoms with Crippen LogP contribution in [0.2, 0.25) is 0 Å². The largest absolute Gasteiger partial charge is 0.449 e. The van der Waals surface area contributed by atoms with Gasteiger partial charge in [0.15, 0.2) is 6.10 Å². The van der Waals surface area contributed by atoms with E-state index in [1.54, 1.807) is 0 Å². The summed E-state index contributed by atoms with van der Waals surface area (Å²) in [5.41, 5.74) is 4.25. The highest BCUT2D eigenvalue weighted by Crippen LogP contribution is 2.27. The van der Waals surface area contributed by atoms with E-state index in [9.17, 15) is 4.79 Å². The predicted octanol–water partition coefficient (Wildman–Crippen LogP) is 4.12. The molecule has 102 valence electrons. The quantitative estimate of drug-likeness (QED) is 0.614. The molecule has 2 rings (SSSR count). The normalized spacial score (nSPS) is 10.3. The maximum absolute atomic E-state index is 11.6. The summed E-state index contributed by atoms with van der Waals surface area (Å²) in [6.45, 7) is 7.51. The Morgan fingerprint density at radius 3 is 1.70 bits per heavy atom. The molecule has 0 radical (unpaired) electrons. The van der Waals surface area contributed by atoms with Gasteiger partial charge in [-0.25, -0.2) is 4.79 Å². The van der Waals surface area contributed by atoms with Gasteiger partial charge >= 0.3 is 5.97 Å². The van der Waals surface area contributed by atoms with E-state index in [0.717, 1.165) is 11.1 Å². The zero-order valence-electron chi connectivity index (χ0n) is 11.8. The molecule has 0 aliphatic rings. The lowest BCUT2D eigenvalue weighted by Gasteiger charge is -2.18. The van der Waals surface area contributed by atoms with Gasteiger partial charge in [0.25, 0.3) is 0 Å². The van der Waals surface area contributed by atoms with Crippen LogP contribution in [-0.2, 0) is 9.53 Å². The fourth-order valence-electron chi connectivity index (χ4n) is 1.98. The van der Waals surface area contributed by atoms with Crippen LogP contribution in [0.15, 0.2) is 61.2 Å². The molecule has 0 saturated heterocycles. The number of hydrogen-bond donors (Lipinski definition) is 0. The molecule has 0 N–H and O–H groups in total. The molecule has 2 aromatic carbocycles. The van der Waals surface area contributed by atoms with E-state index >= 15 is 0 Å². The van der Waals surface area contributed by atoms with Crippen molar-refractivity contribution in [2.75, 3.05) is 0 Å². The summed E-state index contributed by atoms with van der Waals surface area (Å²) in [6, 6.07) is 16.0. The molecule has 0 unspecified atom stereocenters. The fourth-order valence-corrected chi connectivity index (χ4v) is 1.98. The number of rotatable bonds is 4. The summed E-state index contributed by atoms with van der Waals surface area (Å²) in [7, 11) is 0. The average Bonchev–Trinajstić information content (AvgIpc) is 2.46. The monoisotopic (exact) mass is 266 g/mol. The van der Waals surface area contributed by atoms with Crippen LogP contribution in [0.4, 0.5) is 0 Å². The number of esters is 1. The van der Waals surface area contributed by atoms with Gasteiger partial charge in [0, 0.05) is 6.08 Å². The Bertz CT molecular complexity index is 549. The van der Waals surface area contributed by atoms with Crippen molar-refractivity contribution in [1.82, 2.24) is 0 Å². The first-order chi connectivity index (χ1) is 9.60. The van der Waals surface area contributed by atoms with E-state index in [1.165, 1.54) is 17.2 Å². The molecule has 0 aromatic heterocycles. The number of carbonyl (C=O) groups excluding carboxylic acids is 1. The van der Waals surface area contributed by atoms with E-state index in [0.29, 0.717) is 0 Å². The molecule has 2 nitrogen and oxygen atoms in total. The summed E-state index contributed by atoms with van der Waals surface area (Å²) >= 11 is 0. The van der Waals surface area contributed by atoms with Crippen molar-refractivity contribution < 1.29 is 9.53 Å². The van der Waals surface area contributed by atoms with Gasteiger partial charge in [-0.3, -0.25) is 0 Å². The van der Waals surface area contributed by atoms with E-state index < -0.39 is 12.1 Å². The highest BCUT2D eigenvalue weighted by atomic mass is 16.5. The first-order valence-corrected chi connectivity index (χ1v) is 6.56. The second-order valence-corrected chi connectivity index (χ2v) is 4.84. The van der Waals surface area contributed by atoms with Gasteiger partial charge < -0.3 is 4.74 Å². The molecule has 2 heteroatoms. The van der Waals surface area contributed by atoms with Crippen molar-refractivity contribution in [3.05, 3.63) is 83.4 Å². The zero-order chi connectivity index (χ0) is 14.5. The summed E-state index contributed by atoms with van der Waals surface area (Å²) < 4.78 is 5.49. The number of ether oxygens (including phenoxy) is 1. The summed E-state index contributed by atoms with van der Waals surface area (Å²) in [6.07, 6.45) is 0.789. The van der Waals surface area contributed by atoms with Crippen LogP contribution in [0.1, 0.15) is 28.4 Å². The van der Waals surface area contributed by atoms with Crippen LogP contribution >= 0.6 is 0 Å². The van der Waals surface area contributed by atoms with Gasteiger partial charge in [0.2, 0.25) is 0 Å². The van der Waals surface area contributed by atoms with E-state index in [1.807, 2.05) is 62.4 Å². The fraction of sp³-hybridized carbons (Fsp3) is 0.167. The number of carbonyl (C=O) groups is 1. The molecule has 0 atom stereocenters. The first-order valence-electron chi connectivity index (χ1n) is 6.56. The SMILES string of the molecule is C=CC(=O)OC(c1ccc(C)cc1)c1ccc(C)cc1. The number of aryl methyl sites for hydroxylation is 2.